The summed E-state index contributed by atoms with van der Waals surface area (Å²) in [4.78, 5) is 24.9. The van der Waals surface area contributed by atoms with Crippen molar-refractivity contribution in [2.24, 2.45) is 0 Å². The summed E-state index contributed by atoms with van der Waals surface area (Å²) in [6.07, 6.45) is -13.7. The van der Waals surface area contributed by atoms with E-state index in [1.807, 2.05) is 0 Å². The van der Waals surface area contributed by atoms with Gasteiger partial charge in [-0.2, -0.15) is 39.5 Å². The highest BCUT2D eigenvalue weighted by atomic mass is 19.4. The van der Waals surface area contributed by atoms with Crippen molar-refractivity contribution in [2.45, 2.75) is 57.3 Å². The molecule has 0 aliphatic rings. The molecular formula is C23H23F9N6O2. The van der Waals surface area contributed by atoms with Crippen molar-refractivity contribution in [3.8, 4) is 17.0 Å². The van der Waals surface area contributed by atoms with Crippen LogP contribution in [0.25, 0.3) is 16.9 Å². The number of rotatable bonds is 8. The van der Waals surface area contributed by atoms with Gasteiger partial charge in [-0.3, -0.25) is 4.98 Å². The number of ether oxygens (including phenoxy) is 1. The Labute approximate surface area is 221 Å². The van der Waals surface area contributed by atoms with Crippen molar-refractivity contribution < 1.29 is 49.0 Å². The first-order valence-corrected chi connectivity index (χ1v) is 11.6. The molecule has 0 saturated heterocycles. The van der Waals surface area contributed by atoms with E-state index in [0.717, 1.165) is 19.2 Å². The van der Waals surface area contributed by atoms with Gasteiger partial charge in [0.25, 0.3) is 0 Å². The summed E-state index contributed by atoms with van der Waals surface area (Å²) in [5.74, 6) is 0.00725. The van der Waals surface area contributed by atoms with Crippen LogP contribution in [-0.2, 0) is 0 Å². The molecule has 0 aromatic carbocycles. The van der Waals surface area contributed by atoms with E-state index in [1.165, 1.54) is 24.8 Å². The Bertz CT molecular complexity index is 1340. The second-order valence-electron chi connectivity index (χ2n) is 8.61. The van der Waals surface area contributed by atoms with Gasteiger partial charge in [-0.05, 0) is 26.3 Å². The fraction of sp³-hybridized carbons (Fsp3) is 0.478. The minimum Gasteiger partial charge on any atom is -0.494 e. The number of aromatic nitrogens is 4. The Morgan fingerprint density at radius 2 is 1.77 bits per heavy atom. The van der Waals surface area contributed by atoms with Gasteiger partial charge in [0.1, 0.15) is 11.8 Å². The van der Waals surface area contributed by atoms with E-state index in [9.17, 15) is 44.3 Å². The Morgan fingerprint density at radius 3 is 2.33 bits per heavy atom. The molecule has 8 nitrogen and oxygen atoms in total. The monoisotopic (exact) mass is 586 g/mol. The number of halogens is 9. The molecule has 2 atom stereocenters. The van der Waals surface area contributed by atoms with E-state index in [0.29, 0.717) is 11.3 Å². The predicted molar refractivity (Wildman–Crippen MR) is 122 cm³/mol. The first-order chi connectivity index (χ1) is 18.5. The van der Waals surface area contributed by atoms with Crippen molar-refractivity contribution >= 4 is 11.7 Å². The number of carbonyl (C=O) groups excluding carboxylic acids is 1. The molecule has 40 heavy (non-hydrogen) atoms. The van der Waals surface area contributed by atoms with E-state index in [-0.39, 0.29) is 21.9 Å². The average molecular weight is 586 g/mol. The topological polar surface area (TPSA) is 84.7 Å². The van der Waals surface area contributed by atoms with E-state index >= 15 is 0 Å². The Morgan fingerprint density at radius 1 is 1.10 bits per heavy atom. The normalized spacial score (nSPS) is 14.2. The Balaban J connectivity index is 2.04. The van der Waals surface area contributed by atoms with Crippen LogP contribution >= 0.6 is 0 Å². The molecule has 1 N–H and O–H groups in total. The maximum Gasteiger partial charge on any atom is 0.414 e. The van der Waals surface area contributed by atoms with Crippen molar-refractivity contribution in [3.05, 3.63) is 42.2 Å². The first kappa shape index (κ1) is 30.7. The van der Waals surface area contributed by atoms with Gasteiger partial charge < -0.3 is 19.4 Å². The highest BCUT2D eigenvalue weighted by Crippen LogP contribution is 2.40. The van der Waals surface area contributed by atoms with Crippen LogP contribution in [0, 0.1) is 6.92 Å². The number of hydrogen-bond acceptors (Lipinski definition) is 5. The number of aryl methyl sites for hydroxylation is 1. The molecular weight excluding hydrogens is 563 g/mol. The van der Waals surface area contributed by atoms with E-state index in [1.54, 1.807) is 17.5 Å². The zero-order valence-corrected chi connectivity index (χ0v) is 21.1. The maximum atomic E-state index is 14.3. The van der Waals surface area contributed by atoms with Crippen LogP contribution in [0.1, 0.15) is 37.2 Å². The number of fused-ring (bicyclic) bond motifs is 1. The zero-order chi connectivity index (χ0) is 30.0. The number of urea groups is 1. The summed E-state index contributed by atoms with van der Waals surface area (Å²) < 4.78 is 127. The number of carbonyl (C=O) groups is 1. The summed E-state index contributed by atoms with van der Waals surface area (Å²) in [6, 6.07) is -6.85. The number of hydrogen-bond donors (Lipinski definition) is 1. The molecule has 17 heteroatoms. The lowest BCUT2D eigenvalue weighted by molar-refractivity contribution is -0.182. The molecule has 0 saturated carbocycles. The molecule has 3 heterocycles. The van der Waals surface area contributed by atoms with E-state index < -0.39 is 61.7 Å². The number of pyridine rings is 1. The van der Waals surface area contributed by atoms with Gasteiger partial charge in [0.15, 0.2) is 11.7 Å². The first-order valence-electron chi connectivity index (χ1n) is 11.6. The summed E-state index contributed by atoms with van der Waals surface area (Å²) in [5, 5.41) is 1.28. The van der Waals surface area contributed by atoms with Gasteiger partial charge in [0.2, 0.25) is 0 Å². The van der Waals surface area contributed by atoms with Crippen LogP contribution in [-0.4, -0.2) is 68.5 Å². The highest BCUT2D eigenvalue weighted by Gasteiger charge is 2.49. The average Bonchev–Trinajstić information content (AvgIpc) is 3.32. The third kappa shape index (κ3) is 7.04. The second kappa shape index (κ2) is 11.4. The Hall–Kier alpha value is -3.79. The fourth-order valence-corrected chi connectivity index (χ4v) is 3.99. The molecule has 3 aromatic heterocycles. The molecule has 0 radical (unpaired) electrons. The summed E-state index contributed by atoms with van der Waals surface area (Å²) in [7, 11) is 1.23. The SMILES string of the molecule is CCN(C(=O)N[C@@H](CCC(F)(F)F)C(F)(F)F)[C@@H](c1cc(-c2cn3ccnc3c(C)n2)c(OC)cn1)C(F)(F)F. The van der Waals surface area contributed by atoms with Gasteiger partial charge in [-0.1, -0.05) is 0 Å². The standard InChI is InChI=1S/C23H23F9N6O2/c1-4-38(20(39)36-17(22(27,28)29)5-6-21(24,25)26)18(23(30,31)32)14-9-13(16(40-3)10-34-14)15-11-37-8-7-33-19(37)12(2)35-15/h7-11,17-18H,4-6H2,1-3H3,(H,36,39)/t17-,18-/m0/s1. The van der Waals surface area contributed by atoms with Crippen LogP contribution in [0.3, 0.4) is 0 Å². The Kier molecular flexibility index (Phi) is 8.74. The maximum absolute atomic E-state index is 14.3. The van der Waals surface area contributed by atoms with Crippen molar-refractivity contribution in [2.75, 3.05) is 13.7 Å². The smallest absolute Gasteiger partial charge is 0.414 e. The van der Waals surface area contributed by atoms with Gasteiger partial charge in [-0.25, -0.2) is 14.8 Å². The number of nitrogens with one attached hydrogen (secondary N) is 1. The van der Waals surface area contributed by atoms with Crippen molar-refractivity contribution in [3.63, 3.8) is 0 Å². The molecule has 0 unspecified atom stereocenters. The van der Waals surface area contributed by atoms with E-state index in [4.69, 9.17) is 4.74 Å². The van der Waals surface area contributed by atoms with Crippen LogP contribution in [0.15, 0.2) is 30.9 Å². The second-order valence-corrected chi connectivity index (χ2v) is 8.61. The van der Waals surface area contributed by atoms with Crippen LogP contribution < -0.4 is 10.1 Å². The van der Waals surface area contributed by atoms with E-state index in [2.05, 4.69) is 15.0 Å². The fourth-order valence-electron chi connectivity index (χ4n) is 3.99. The van der Waals surface area contributed by atoms with Crippen LogP contribution in [0.5, 0.6) is 5.75 Å². The number of methoxy groups -OCH3 is 1. The summed E-state index contributed by atoms with van der Waals surface area (Å²) in [5.41, 5.74) is 0.270. The lowest BCUT2D eigenvalue weighted by atomic mass is 10.1. The molecule has 0 aliphatic heterocycles. The van der Waals surface area contributed by atoms with Gasteiger partial charge in [-0.15, -0.1) is 0 Å². The summed E-state index contributed by atoms with van der Waals surface area (Å²) >= 11 is 0. The van der Waals surface area contributed by atoms with Crippen molar-refractivity contribution in [1.29, 1.82) is 0 Å². The molecule has 0 spiro atoms. The minimum atomic E-state index is -5.35. The number of alkyl halides is 9. The van der Waals surface area contributed by atoms with Gasteiger partial charge in [0, 0.05) is 37.1 Å². The number of imidazole rings is 1. The molecule has 2 amide bonds. The zero-order valence-electron chi connectivity index (χ0n) is 21.1. The molecule has 0 aliphatic carbocycles. The van der Waals surface area contributed by atoms with Crippen LogP contribution in [0.4, 0.5) is 44.3 Å². The third-order valence-electron chi connectivity index (χ3n) is 5.84. The highest BCUT2D eigenvalue weighted by molar-refractivity contribution is 5.75. The third-order valence-corrected chi connectivity index (χ3v) is 5.84. The van der Waals surface area contributed by atoms with Crippen molar-refractivity contribution in [1.82, 2.24) is 29.6 Å². The lowest BCUT2D eigenvalue weighted by Crippen LogP contribution is -2.53. The number of amides is 2. The molecule has 0 bridgehead atoms. The largest absolute Gasteiger partial charge is 0.494 e. The molecule has 3 aromatic rings. The van der Waals surface area contributed by atoms with Crippen LogP contribution in [0.2, 0.25) is 0 Å². The molecule has 220 valence electrons. The molecule has 3 rings (SSSR count). The minimum absolute atomic E-state index is 0.00725. The van der Waals surface area contributed by atoms with Gasteiger partial charge in [0.05, 0.1) is 30.4 Å². The van der Waals surface area contributed by atoms with Gasteiger partial charge >= 0.3 is 24.6 Å². The number of nitrogens with zero attached hydrogens (tertiary/aromatic N) is 5. The quantitative estimate of drug-likeness (QED) is 0.327. The molecule has 0 fully saturated rings. The predicted octanol–water partition coefficient (Wildman–Crippen LogP) is 6.02. The lowest BCUT2D eigenvalue weighted by Gasteiger charge is -2.34. The summed E-state index contributed by atoms with van der Waals surface area (Å²) in [6.45, 7) is 1.91.